The van der Waals surface area contributed by atoms with Gasteiger partial charge in [-0.3, -0.25) is 9.59 Å². The zero-order chi connectivity index (χ0) is 82.3. The normalized spacial score (nSPS) is 12.9. The maximum Gasteiger partial charge on any atom is 0.413 e. The van der Waals surface area contributed by atoms with E-state index in [9.17, 15) is 38.4 Å². The molecule has 6 N–H and O–H groups in total. The van der Waals surface area contributed by atoms with Crippen LogP contribution in [0.5, 0.6) is 17.2 Å². The van der Waals surface area contributed by atoms with Crippen LogP contribution in [0.25, 0.3) is 0 Å². The molecule has 0 saturated carbocycles. The maximum atomic E-state index is 13.6. The van der Waals surface area contributed by atoms with Crippen molar-refractivity contribution in [1.82, 2.24) is 31.9 Å². The Balaban J connectivity index is 0.836. The number of amides is 6. The number of methoxy groups -OCH3 is 2. The number of hydrogen-bond donors (Lipinski definition) is 6. The van der Waals surface area contributed by atoms with Crippen molar-refractivity contribution in [1.29, 1.82) is 0 Å². The minimum atomic E-state index is -0.962. The van der Waals surface area contributed by atoms with Crippen LogP contribution in [0.15, 0.2) is 170 Å². The van der Waals surface area contributed by atoms with Crippen LogP contribution in [0.1, 0.15) is 197 Å². The molecule has 0 heterocycles. The molecule has 2 unspecified atom stereocenters. The van der Waals surface area contributed by atoms with Crippen molar-refractivity contribution in [3.05, 3.63) is 231 Å². The van der Waals surface area contributed by atoms with Crippen molar-refractivity contribution in [3.8, 4) is 17.2 Å². The van der Waals surface area contributed by atoms with Gasteiger partial charge in [0.2, 0.25) is 0 Å². The highest BCUT2D eigenvalue weighted by atomic mass is 16.6. The van der Waals surface area contributed by atoms with Crippen LogP contribution in [0, 0.1) is 6.92 Å². The average molecular weight is 1540 g/mol. The fourth-order valence-electron chi connectivity index (χ4n) is 12.7. The summed E-state index contributed by atoms with van der Waals surface area (Å²) in [6.07, 6.45) is -2.00. The highest BCUT2D eigenvalue weighted by Crippen LogP contribution is 2.41. The number of esters is 2. The van der Waals surface area contributed by atoms with Crippen LogP contribution in [0.2, 0.25) is 0 Å². The SMILES string of the molecule is CCCOCCOC(=O)NC(C)(C)c1cccc(C(C)(C)NC(=O)Oc2ccc(C(C)(CCC(=O)OC)c3ccc(OC(=O)NC(C)(C)c4cccc(C(C)(C)NC(=O)OCCOCCOC(=O)NC(C)(C)c5cccc(C(C)(C)NC(=O)Oc6ccc(C(C)(CCC(=O)OC)c7ccc(C)cc7)cc6)c5)c4)cc3)cc2)c1. The summed E-state index contributed by atoms with van der Waals surface area (Å²) in [5, 5.41) is 17.6. The molecule has 6 amide bonds. The summed E-state index contributed by atoms with van der Waals surface area (Å²) in [4.78, 5) is 104. The molecule has 0 aromatic heterocycles. The monoisotopic (exact) mass is 1540 g/mol. The molecule has 2 atom stereocenters. The van der Waals surface area contributed by atoms with E-state index < -0.39 is 86.6 Å². The predicted octanol–water partition coefficient (Wildman–Crippen LogP) is 16.6. The summed E-state index contributed by atoms with van der Waals surface area (Å²) in [5.41, 5.74) is 2.50. The van der Waals surface area contributed by atoms with Gasteiger partial charge in [-0.15, -0.1) is 0 Å². The lowest BCUT2D eigenvalue weighted by molar-refractivity contribution is -0.141. The smallest absolute Gasteiger partial charge is 0.413 e. The van der Waals surface area contributed by atoms with Gasteiger partial charge in [-0.25, -0.2) is 28.8 Å². The first-order chi connectivity index (χ1) is 52.7. The number of rotatable bonds is 36. The van der Waals surface area contributed by atoms with Gasteiger partial charge in [0, 0.05) is 30.3 Å². The summed E-state index contributed by atoms with van der Waals surface area (Å²) in [6, 6.07) is 51.9. The molecule has 112 heavy (non-hydrogen) atoms. The Kier molecular flexibility index (Phi) is 30.6. The molecule has 7 aromatic rings. The van der Waals surface area contributed by atoms with Crippen LogP contribution >= 0.6 is 0 Å². The third-order valence-electron chi connectivity index (χ3n) is 20.0. The van der Waals surface area contributed by atoms with Gasteiger partial charge in [-0.2, -0.15) is 0 Å². The minimum Gasteiger partial charge on any atom is -0.469 e. The summed E-state index contributed by atoms with van der Waals surface area (Å²) in [5.74, 6) is 0.183. The van der Waals surface area contributed by atoms with Gasteiger partial charge >= 0.3 is 48.5 Å². The average Bonchev–Trinajstić information content (AvgIpc) is 0.795. The van der Waals surface area contributed by atoms with Gasteiger partial charge in [0.15, 0.2) is 0 Å². The fraction of sp³-hybridized carbons (Fsp3) is 0.432. The van der Waals surface area contributed by atoms with Gasteiger partial charge in [0.1, 0.15) is 37.1 Å². The molecule has 24 nitrogen and oxygen atoms in total. The molecule has 0 aliphatic heterocycles. The highest BCUT2D eigenvalue weighted by molar-refractivity contribution is 5.75. The van der Waals surface area contributed by atoms with E-state index in [4.69, 9.17) is 47.4 Å². The molecule has 0 spiro atoms. The Bertz CT molecular complexity index is 4350. The van der Waals surface area contributed by atoms with Crippen LogP contribution in [-0.2, 0) is 86.8 Å². The maximum absolute atomic E-state index is 13.6. The third-order valence-corrected chi connectivity index (χ3v) is 20.0. The first kappa shape index (κ1) is 88.2. The lowest BCUT2D eigenvalue weighted by Gasteiger charge is -2.31. The molecule has 602 valence electrons. The molecular formula is C88H112N6O18. The van der Waals surface area contributed by atoms with Crippen LogP contribution in [0.3, 0.4) is 0 Å². The number of carbonyl (C=O) groups is 8. The largest absolute Gasteiger partial charge is 0.469 e. The van der Waals surface area contributed by atoms with E-state index in [2.05, 4.69) is 51.0 Å². The summed E-state index contributed by atoms with van der Waals surface area (Å²) in [7, 11) is 2.71. The molecule has 24 heteroatoms. The van der Waals surface area contributed by atoms with Gasteiger partial charge in [-0.05, 0) is 201 Å². The summed E-state index contributed by atoms with van der Waals surface area (Å²) >= 11 is 0. The molecule has 7 rings (SSSR count). The second-order valence-corrected chi connectivity index (χ2v) is 31.3. The van der Waals surface area contributed by atoms with E-state index in [1.54, 1.807) is 36.4 Å². The quantitative estimate of drug-likeness (QED) is 0.0121. The highest BCUT2D eigenvalue weighted by Gasteiger charge is 2.36. The Morgan fingerprint density at radius 3 is 0.768 bits per heavy atom. The molecule has 0 aliphatic carbocycles. The second kappa shape index (κ2) is 38.8. The first-order valence-electron chi connectivity index (χ1n) is 37.6. The van der Waals surface area contributed by atoms with E-state index in [1.807, 2.05) is 225 Å². The number of aryl methyl sites for hydroxylation is 1. The van der Waals surface area contributed by atoms with E-state index in [1.165, 1.54) is 14.2 Å². The van der Waals surface area contributed by atoms with Crippen molar-refractivity contribution in [2.45, 2.75) is 187 Å². The van der Waals surface area contributed by atoms with Crippen molar-refractivity contribution in [2.24, 2.45) is 0 Å². The second-order valence-electron chi connectivity index (χ2n) is 31.3. The Morgan fingerprint density at radius 1 is 0.295 bits per heavy atom. The molecule has 0 fully saturated rings. The van der Waals surface area contributed by atoms with Crippen molar-refractivity contribution >= 4 is 48.5 Å². The van der Waals surface area contributed by atoms with Gasteiger partial charge in [0.05, 0.1) is 67.3 Å². The van der Waals surface area contributed by atoms with Crippen LogP contribution in [0.4, 0.5) is 28.8 Å². The minimum absolute atomic E-state index is 0.0215. The Labute approximate surface area is 658 Å². The van der Waals surface area contributed by atoms with Crippen molar-refractivity contribution < 1.29 is 85.7 Å². The Morgan fingerprint density at radius 2 is 0.527 bits per heavy atom. The van der Waals surface area contributed by atoms with E-state index >= 15 is 0 Å². The molecule has 7 aromatic carbocycles. The number of hydrogen-bond acceptors (Lipinski definition) is 18. The molecule has 0 radical (unpaired) electrons. The molecule has 0 aliphatic rings. The van der Waals surface area contributed by atoms with Crippen molar-refractivity contribution in [3.63, 3.8) is 0 Å². The number of ether oxygens (including phenoxy) is 10. The van der Waals surface area contributed by atoms with Crippen LogP contribution < -0.4 is 46.1 Å². The standard InChI is InChI=1S/C88H112N6O18/c1-19-49-105-50-53-107-75(97)89-81(3,4)64-23-20-26-67(56-64)84(9,10)93-79(101)111-71-41-35-62(36-42-71)88(16,48-46-74(96)104-18)63-37-43-72(44-38-63)112-80(102)94-86(13,14)69-28-22-25-66(58-69)83(7,8)91-77(99)109-55-52-106-51-54-108-76(98)90-82(5,6)65-24-21-27-68(57-65)85(11,12)92-78(100)110-70-39-33-61(34-40-70)87(15,47-45-73(95)103-17)60-31-29-59(2)30-32-60/h20-44,56-58H,19,45-55H2,1-18H3,(H,89,97)(H,90,98)(H,91,99)(H,92,100)(H,93,101)(H,94,102). The molecular weight excluding hydrogens is 1430 g/mol. The van der Waals surface area contributed by atoms with Gasteiger partial charge < -0.3 is 79.3 Å². The van der Waals surface area contributed by atoms with Gasteiger partial charge in [0.25, 0.3) is 0 Å². The van der Waals surface area contributed by atoms with Gasteiger partial charge in [-0.1, -0.05) is 160 Å². The van der Waals surface area contributed by atoms with E-state index in [0.29, 0.717) is 31.8 Å². The van der Waals surface area contributed by atoms with E-state index in [0.717, 1.165) is 67.6 Å². The fourth-order valence-corrected chi connectivity index (χ4v) is 12.7. The number of carbonyl (C=O) groups excluding carboxylic acids is 8. The molecule has 0 bridgehead atoms. The Hall–Kier alpha value is -11.0. The zero-order valence-electron chi connectivity index (χ0n) is 68.0. The number of alkyl carbamates (subject to hydrolysis) is 3. The lowest BCUT2D eigenvalue weighted by atomic mass is 9.73. The summed E-state index contributed by atoms with van der Waals surface area (Å²) < 4.78 is 54.6. The number of benzene rings is 7. The lowest BCUT2D eigenvalue weighted by Crippen LogP contribution is -2.44. The summed E-state index contributed by atoms with van der Waals surface area (Å²) in [6.45, 7) is 31.0. The van der Waals surface area contributed by atoms with Crippen LogP contribution in [-0.4, -0.2) is 109 Å². The van der Waals surface area contributed by atoms with Crippen molar-refractivity contribution in [2.75, 3.05) is 60.5 Å². The topological polar surface area (TPSA) is 301 Å². The zero-order valence-corrected chi connectivity index (χ0v) is 68.0. The van der Waals surface area contributed by atoms with E-state index in [-0.39, 0.29) is 63.3 Å². The number of nitrogens with one attached hydrogen (secondary N) is 6. The predicted molar refractivity (Wildman–Crippen MR) is 426 cm³/mol. The third kappa shape index (κ3) is 25.3. The molecule has 0 saturated heterocycles. The first-order valence-corrected chi connectivity index (χ1v) is 37.6.